The van der Waals surface area contributed by atoms with Crippen molar-refractivity contribution in [3.05, 3.63) is 36.0 Å². The van der Waals surface area contributed by atoms with E-state index in [0.717, 1.165) is 0 Å². The summed E-state index contributed by atoms with van der Waals surface area (Å²) in [5.74, 6) is 0.262. The Kier molecular flexibility index (Phi) is 6.81. The van der Waals surface area contributed by atoms with Crippen LogP contribution in [0.2, 0.25) is 0 Å². The number of nitrogens with zero attached hydrogens (tertiary/aromatic N) is 2. The van der Waals surface area contributed by atoms with E-state index in [1.54, 1.807) is 52.0 Å². The number of hydrogen-bond donors (Lipinski definition) is 4. The number of nitrogen functional groups attached to an aromatic ring is 1. The van der Waals surface area contributed by atoms with Gasteiger partial charge in [0.05, 0.1) is 28.8 Å². The normalized spacial score (nSPS) is 12.1. The zero-order chi connectivity index (χ0) is 21.8. The molecule has 0 radical (unpaired) electrons. The van der Waals surface area contributed by atoms with E-state index in [1.807, 2.05) is 0 Å². The molecule has 0 unspecified atom stereocenters. The summed E-state index contributed by atoms with van der Waals surface area (Å²) in [6.07, 6.45) is 0. The number of aliphatic hydroxyl groups excluding tert-OH is 1. The molecule has 29 heavy (non-hydrogen) atoms. The lowest BCUT2D eigenvalue weighted by Crippen LogP contribution is -2.48. The number of carbonyl (C=O) groups is 1. The predicted octanol–water partition coefficient (Wildman–Crippen LogP) is 1.94. The van der Waals surface area contributed by atoms with Gasteiger partial charge in [-0.2, -0.15) is 0 Å². The Balaban J connectivity index is 2.18. The summed E-state index contributed by atoms with van der Waals surface area (Å²) < 4.78 is 24.3. The van der Waals surface area contributed by atoms with Crippen molar-refractivity contribution in [1.82, 2.24) is 15.3 Å². The van der Waals surface area contributed by atoms with Gasteiger partial charge in [-0.25, -0.2) is 23.2 Å². The number of amides is 2. The number of anilines is 2. The minimum Gasteiger partial charge on any atom is -0.394 e. The molecule has 2 rings (SSSR count). The van der Waals surface area contributed by atoms with Gasteiger partial charge in [-0.05, 0) is 52.0 Å². The van der Waals surface area contributed by atoms with Crippen molar-refractivity contribution in [2.75, 3.05) is 17.7 Å². The van der Waals surface area contributed by atoms with E-state index in [9.17, 15) is 18.3 Å². The van der Waals surface area contributed by atoms with Crippen LogP contribution in [-0.2, 0) is 15.6 Å². The summed E-state index contributed by atoms with van der Waals surface area (Å²) in [7, 11) is -3.32. The molecule has 1 aromatic heterocycles. The van der Waals surface area contributed by atoms with Crippen molar-refractivity contribution >= 4 is 27.4 Å². The zero-order valence-electron chi connectivity index (χ0n) is 16.9. The maximum atomic E-state index is 12.2. The van der Waals surface area contributed by atoms with Crippen LogP contribution in [0.3, 0.4) is 0 Å². The predicted molar refractivity (Wildman–Crippen MR) is 113 cm³/mol. The summed E-state index contributed by atoms with van der Waals surface area (Å²) in [5.41, 5.74) is 6.57. The summed E-state index contributed by atoms with van der Waals surface area (Å²) in [4.78, 5) is 20.5. The molecule has 0 bridgehead atoms. The Bertz CT molecular complexity index is 973. The lowest BCUT2D eigenvalue weighted by atomic mass is 10.1. The number of rotatable bonds is 7. The molecule has 158 valence electrons. The lowest BCUT2D eigenvalue weighted by molar-refractivity contribution is 0.187. The highest BCUT2D eigenvalue weighted by Crippen LogP contribution is 2.21. The summed E-state index contributed by atoms with van der Waals surface area (Å²) in [6, 6.07) is 7.73. The molecule has 0 saturated carbocycles. The van der Waals surface area contributed by atoms with Crippen molar-refractivity contribution in [3.63, 3.8) is 0 Å². The smallest absolute Gasteiger partial charge is 0.319 e. The maximum Gasteiger partial charge on any atom is 0.319 e. The first-order valence-electron chi connectivity index (χ1n) is 9.07. The van der Waals surface area contributed by atoms with Crippen LogP contribution < -0.4 is 16.4 Å². The van der Waals surface area contributed by atoms with Gasteiger partial charge in [0.25, 0.3) is 0 Å². The molecular formula is C19H27N5O4S. The molecule has 2 amide bonds. The first kappa shape index (κ1) is 22.6. The number of carbonyl (C=O) groups excluding carboxylic acids is 1. The second-order valence-corrected chi connectivity index (χ2v) is 10.2. The van der Waals surface area contributed by atoms with Gasteiger partial charge in [-0.15, -0.1) is 0 Å². The van der Waals surface area contributed by atoms with Gasteiger partial charge in [0, 0.05) is 17.3 Å². The topological polar surface area (TPSA) is 147 Å². The van der Waals surface area contributed by atoms with E-state index in [2.05, 4.69) is 20.6 Å². The number of aromatic nitrogens is 2. The molecule has 5 N–H and O–H groups in total. The number of hydrogen-bond acceptors (Lipinski definition) is 7. The molecule has 0 aliphatic heterocycles. The Morgan fingerprint density at radius 1 is 1.21 bits per heavy atom. The van der Waals surface area contributed by atoms with Gasteiger partial charge < -0.3 is 21.5 Å². The van der Waals surface area contributed by atoms with E-state index in [-0.39, 0.29) is 18.2 Å². The van der Waals surface area contributed by atoms with Gasteiger partial charge in [-0.3, -0.25) is 0 Å². The fraction of sp³-hybridized carbons (Fsp3) is 0.421. The summed E-state index contributed by atoms with van der Waals surface area (Å²) in [6.45, 7) is 6.43. The quantitative estimate of drug-likeness (QED) is 0.534. The Morgan fingerprint density at radius 3 is 2.38 bits per heavy atom. The largest absolute Gasteiger partial charge is 0.394 e. The number of nitrogens with one attached hydrogen (secondary N) is 2. The second-order valence-electron chi connectivity index (χ2n) is 7.66. The molecule has 1 aromatic carbocycles. The van der Waals surface area contributed by atoms with Crippen molar-refractivity contribution in [2.45, 2.75) is 44.2 Å². The van der Waals surface area contributed by atoms with Crippen LogP contribution in [0.4, 0.5) is 16.3 Å². The average Bonchev–Trinajstić information content (AvgIpc) is 2.60. The van der Waals surface area contributed by atoms with Crippen LogP contribution in [0.1, 0.15) is 33.4 Å². The Morgan fingerprint density at radius 2 is 1.83 bits per heavy atom. The molecular weight excluding hydrogens is 394 g/mol. The van der Waals surface area contributed by atoms with E-state index < -0.39 is 26.7 Å². The Hall–Kier alpha value is -2.72. The average molecular weight is 422 g/mol. The fourth-order valence-electron chi connectivity index (χ4n) is 2.31. The van der Waals surface area contributed by atoms with Crippen molar-refractivity contribution in [1.29, 1.82) is 0 Å². The minimum absolute atomic E-state index is 0.178. The molecule has 0 aliphatic carbocycles. The number of sulfone groups is 1. The highest BCUT2D eigenvalue weighted by atomic mass is 32.2. The molecule has 9 nitrogen and oxygen atoms in total. The number of aliphatic hydroxyl groups is 1. The third-order valence-electron chi connectivity index (χ3n) is 4.11. The molecule has 2 aromatic rings. The Labute approximate surface area is 170 Å². The van der Waals surface area contributed by atoms with Gasteiger partial charge in [0.2, 0.25) is 0 Å². The van der Waals surface area contributed by atoms with Gasteiger partial charge in [-0.1, -0.05) is 0 Å². The van der Waals surface area contributed by atoms with Crippen molar-refractivity contribution in [2.24, 2.45) is 0 Å². The SMILES string of the molecule is CC(C)S(=O)(=O)Cc1cc(N)nc(-c2ccc(NC(=O)NC(C)(C)CO)cc2)n1. The molecule has 0 atom stereocenters. The van der Waals surface area contributed by atoms with E-state index >= 15 is 0 Å². The van der Waals surface area contributed by atoms with Crippen LogP contribution in [0, 0.1) is 0 Å². The monoisotopic (exact) mass is 421 g/mol. The third-order valence-corrected chi connectivity index (χ3v) is 6.25. The summed E-state index contributed by atoms with van der Waals surface area (Å²) >= 11 is 0. The van der Waals surface area contributed by atoms with Gasteiger partial charge in [0.1, 0.15) is 5.82 Å². The van der Waals surface area contributed by atoms with Crippen molar-refractivity contribution in [3.8, 4) is 11.4 Å². The van der Waals surface area contributed by atoms with E-state index in [1.165, 1.54) is 6.07 Å². The highest BCUT2D eigenvalue weighted by Gasteiger charge is 2.20. The summed E-state index contributed by atoms with van der Waals surface area (Å²) in [5, 5.41) is 14.0. The number of nitrogens with two attached hydrogens (primary N) is 1. The zero-order valence-corrected chi connectivity index (χ0v) is 17.7. The lowest BCUT2D eigenvalue weighted by Gasteiger charge is -2.23. The van der Waals surface area contributed by atoms with Crippen molar-refractivity contribution < 1.29 is 18.3 Å². The molecule has 0 spiro atoms. The number of urea groups is 1. The second kappa shape index (κ2) is 8.75. The van der Waals surface area contributed by atoms with Gasteiger partial charge in [0.15, 0.2) is 15.7 Å². The molecule has 0 saturated heterocycles. The first-order valence-corrected chi connectivity index (χ1v) is 10.8. The van der Waals surface area contributed by atoms with Crippen LogP contribution in [0.25, 0.3) is 11.4 Å². The van der Waals surface area contributed by atoms with Crippen LogP contribution in [0.5, 0.6) is 0 Å². The van der Waals surface area contributed by atoms with E-state index in [0.29, 0.717) is 22.8 Å². The fourth-order valence-corrected chi connectivity index (χ4v) is 3.20. The highest BCUT2D eigenvalue weighted by molar-refractivity contribution is 7.91. The van der Waals surface area contributed by atoms with Gasteiger partial charge >= 0.3 is 6.03 Å². The van der Waals surface area contributed by atoms with Crippen LogP contribution in [-0.4, -0.2) is 46.9 Å². The number of benzene rings is 1. The minimum atomic E-state index is -3.32. The van der Waals surface area contributed by atoms with Crippen LogP contribution in [0.15, 0.2) is 30.3 Å². The standard InChI is InChI=1S/C19H27N5O4S/c1-12(2)29(27,28)10-15-9-16(20)23-17(21-15)13-5-7-14(8-6-13)22-18(26)24-19(3,4)11-25/h5-9,12,25H,10-11H2,1-4H3,(H2,20,21,23)(H2,22,24,26). The molecule has 10 heteroatoms. The molecule has 1 heterocycles. The molecule has 0 fully saturated rings. The first-order chi connectivity index (χ1) is 13.4. The maximum absolute atomic E-state index is 12.2. The van der Waals surface area contributed by atoms with Crippen LogP contribution >= 0.6 is 0 Å². The van der Waals surface area contributed by atoms with E-state index in [4.69, 9.17) is 5.73 Å². The molecule has 0 aliphatic rings. The third kappa shape index (κ3) is 6.40.